The number of nitrogens with one attached hydrogen (secondary N) is 1. The zero-order chi connectivity index (χ0) is 14.7. The number of aryl methyl sites for hydroxylation is 1. The molecule has 0 aliphatic carbocycles. The van der Waals surface area contributed by atoms with Crippen LogP contribution >= 0.6 is 15.9 Å². The van der Waals surface area contributed by atoms with Gasteiger partial charge in [0.25, 0.3) is 0 Å². The Kier molecular flexibility index (Phi) is 4.65. The fourth-order valence-corrected chi connectivity index (χ4v) is 2.42. The molecule has 0 fully saturated rings. The highest BCUT2D eigenvalue weighted by atomic mass is 79.9. The minimum absolute atomic E-state index is 0.200. The maximum absolute atomic E-state index is 13.3. The molecular formula is C16H18BrFN2. The number of hydrogen-bond acceptors (Lipinski definition) is 2. The molecule has 0 saturated carbocycles. The highest BCUT2D eigenvalue weighted by Gasteiger charge is 2.06. The van der Waals surface area contributed by atoms with Crippen LogP contribution < -0.4 is 10.2 Å². The molecule has 0 heterocycles. The zero-order valence-electron chi connectivity index (χ0n) is 11.9. The number of halogens is 2. The molecule has 2 rings (SSSR count). The standard InChI is InChI=1S/C16H18BrFN2/c1-11-4-6-14(18)8-12(11)10-19-15-9-13(17)5-7-16(15)20(2)3/h4-9,19H,10H2,1-3H3. The number of anilines is 2. The second-order valence-corrected chi connectivity index (χ2v) is 5.90. The second-order valence-electron chi connectivity index (χ2n) is 4.98. The van der Waals surface area contributed by atoms with E-state index in [9.17, 15) is 4.39 Å². The molecule has 1 N–H and O–H groups in total. The molecule has 0 aliphatic heterocycles. The molecule has 2 aromatic carbocycles. The number of benzene rings is 2. The van der Waals surface area contributed by atoms with Gasteiger partial charge in [0.15, 0.2) is 0 Å². The molecule has 0 saturated heterocycles. The topological polar surface area (TPSA) is 15.3 Å². The van der Waals surface area contributed by atoms with Crippen LogP contribution in [0.5, 0.6) is 0 Å². The lowest BCUT2D eigenvalue weighted by Crippen LogP contribution is -2.12. The summed E-state index contributed by atoms with van der Waals surface area (Å²) in [6.45, 7) is 2.59. The summed E-state index contributed by atoms with van der Waals surface area (Å²) in [7, 11) is 4.00. The van der Waals surface area contributed by atoms with Gasteiger partial charge in [-0.15, -0.1) is 0 Å². The summed E-state index contributed by atoms with van der Waals surface area (Å²) >= 11 is 3.48. The normalized spacial score (nSPS) is 10.4. The van der Waals surface area contributed by atoms with Gasteiger partial charge in [-0.1, -0.05) is 22.0 Å². The summed E-state index contributed by atoms with van der Waals surface area (Å²) in [6.07, 6.45) is 0. The van der Waals surface area contributed by atoms with E-state index in [1.54, 1.807) is 12.1 Å². The van der Waals surface area contributed by atoms with E-state index in [1.807, 2.05) is 44.1 Å². The number of nitrogens with zero attached hydrogens (tertiary/aromatic N) is 1. The average Bonchev–Trinajstić information content (AvgIpc) is 2.39. The first-order valence-corrected chi connectivity index (χ1v) is 7.22. The van der Waals surface area contributed by atoms with Crippen LogP contribution in [0.15, 0.2) is 40.9 Å². The average molecular weight is 337 g/mol. The molecule has 0 aliphatic rings. The second kappa shape index (κ2) is 6.27. The van der Waals surface area contributed by atoms with Crippen LogP contribution in [0.1, 0.15) is 11.1 Å². The molecule has 0 aromatic heterocycles. The predicted molar refractivity (Wildman–Crippen MR) is 86.9 cm³/mol. The number of hydrogen-bond donors (Lipinski definition) is 1. The van der Waals surface area contributed by atoms with Crippen LogP contribution in [0.2, 0.25) is 0 Å². The Labute approximate surface area is 127 Å². The van der Waals surface area contributed by atoms with Gasteiger partial charge in [-0.2, -0.15) is 0 Å². The van der Waals surface area contributed by atoms with Gasteiger partial charge in [0.2, 0.25) is 0 Å². The minimum atomic E-state index is -0.200. The third-order valence-corrected chi connectivity index (χ3v) is 3.71. The van der Waals surface area contributed by atoms with Crippen LogP contribution in [-0.2, 0) is 6.54 Å². The van der Waals surface area contributed by atoms with Gasteiger partial charge in [-0.3, -0.25) is 0 Å². The molecule has 2 nitrogen and oxygen atoms in total. The zero-order valence-corrected chi connectivity index (χ0v) is 13.5. The Morgan fingerprint density at radius 3 is 2.60 bits per heavy atom. The fourth-order valence-electron chi connectivity index (χ4n) is 2.06. The molecule has 20 heavy (non-hydrogen) atoms. The molecule has 0 unspecified atom stereocenters. The molecule has 0 spiro atoms. The highest BCUT2D eigenvalue weighted by Crippen LogP contribution is 2.28. The Morgan fingerprint density at radius 2 is 1.90 bits per heavy atom. The first-order chi connectivity index (χ1) is 9.47. The maximum Gasteiger partial charge on any atom is 0.123 e. The summed E-state index contributed by atoms with van der Waals surface area (Å²) in [6, 6.07) is 11.0. The molecule has 0 atom stereocenters. The Bertz CT molecular complexity index is 611. The lowest BCUT2D eigenvalue weighted by Gasteiger charge is -2.19. The SMILES string of the molecule is Cc1ccc(F)cc1CNc1cc(Br)ccc1N(C)C. The fraction of sp³-hybridized carbons (Fsp3) is 0.250. The van der Waals surface area contributed by atoms with Crippen molar-refractivity contribution in [1.29, 1.82) is 0 Å². The summed E-state index contributed by atoms with van der Waals surface area (Å²) in [4.78, 5) is 2.05. The van der Waals surface area contributed by atoms with Crippen LogP contribution in [0.4, 0.5) is 15.8 Å². The van der Waals surface area contributed by atoms with Gasteiger partial charge >= 0.3 is 0 Å². The van der Waals surface area contributed by atoms with Crippen molar-refractivity contribution in [3.63, 3.8) is 0 Å². The predicted octanol–water partition coefficient (Wildman–Crippen LogP) is 4.57. The van der Waals surface area contributed by atoms with E-state index in [-0.39, 0.29) is 5.82 Å². The van der Waals surface area contributed by atoms with Crippen molar-refractivity contribution in [2.45, 2.75) is 13.5 Å². The largest absolute Gasteiger partial charge is 0.379 e. The molecule has 0 radical (unpaired) electrons. The molecule has 0 amide bonds. The highest BCUT2D eigenvalue weighted by molar-refractivity contribution is 9.10. The maximum atomic E-state index is 13.3. The van der Waals surface area contributed by atoms with E-state index in [0.717, 1.165) is 27.0 Å². The molecule has 4 heteroatoms. The summed E-state index contributed by atoms with van der Waals surface area (Å²) in [5.41, 5.74) is 4.17. The van der Waals surface area contributed by atoms with Crippen molar-refractivity contribution < 1.29 is 4.39 Å². The third kappa shape index (κ3) is 3.51. The summed E-state index contributed by atoms with van der Waals surface area (Å²) in [5.74, 6) is -0.200. The van der Waals surface area contributed by atoms with Crippen molar-refractivity contribution in [2.24, 2.45) is 0 Å². The van der Waals surface area contributed by atoms with E-state index in [4.69, 9.17) is 0 Å². The van der Waals surface area contributed by atoms with Gasteiger partial charge in [-0.05, 0) is 48.4 Å². The molecule has 106 valence electrons. The van der Waals surface area contributed by atoms with Crippen molar-refractivity contribution in [1.82, 2.24) is 0 Å². The van der Waals surface area contributed by atoms with Crippen LogP contribution in [-0.4, -0.2) is 14.1 Å². The Balaban J connectivity index is 2.22. The monoisotopic (exact) mass is 336 g/mol. The quantitative estimate of drug-likeness (QED) is 0.879. The summed E-state index contributed by atoms with van der Waals surface area (Å²) < 4.78 is 14.3. The van der Waals surface area contributed by atoms with Gasteiger partial charge in [0.05, 0.1) is 11.4 Å². The molecular weight excluding hydrogens is 319 g/mol. The van der Waals surface area contributed by atoms with Gasteiger partial charge in [-0.25, -0.2) is 4.39 Å². The Morgan fingerprint density at radius 1 is 1.15 bits per heavy atom. The van der Waals surface area contributed by atoms with Crippen LogP contribution in [0.3, 0.4) is 0 Å². The molecule has 0 bridgehead atoms. The number of rotatable bonds is 4. The molecule has 2 aromatic rings. The first kappa shape index (κ1) is 14.9. The minimum Gasteiger partial charge on any atom is -0.379 e. The van der Waals surface area contributed by atoms with Gasteiger partial charge in [0.1, 0.15) is 5.82 Å². The van der Waals surface area contributed by atoms with Crippen LogP contribution in [0.25, 0.3) is 0 Å². The van der Waals surface area contributed by atoms with Crippen LogP contribution in [0, 0.1) is 12.7 Å². The summed E-state index contributed by atoms with van der Waals surface area (Å²) in [5, 5.41) is 3.38. The smallest absolute Gasteiger partial charge is 0.123 e. The lowest BCUT2D eigenvalue weighted by atomic mass is 10.1. The van der Waals surface area contributed by atoms with Crippen molar-refractivity contribution in [3.05, 3.63) is 57.8 Å². The van der Waals surface area contributed by atoms with Gasteiger partial charge in [0, 0.05) is 25.1 Å². The van der Waals surface area contributed by atoms with Crippen molar-refractivity contribution in [3.8, 4) is 0 Å². The van der Waals surface area contributed by atoms with E-state index in [2.05, 4.69) is 21.2 Å². The Hall–Kier alpha value is -1.55. The van der Waals surface area contributed by atoms with Crippen molar-refractivity contribution in [2.75, 3.05) is 24.3 Å². The first-order valence-electron chi connectivity index (χ1n) is 6.43. The van der Waals surface area contributed by atoms with E-state index in [1.165, 1.54) is 6.07 Å². The van der Waals surface area contributed by atoms with E-state index >= 15 is 0 Å². The van der Waals surface area contributed by atoms with Gasteiger partial charge < -0.3 is 10.2 Å². The van der Waals surface area contributed by atoms with E-state index in [0.29, 0.717) is 6.54 Å². The third-order valence-electron chi connectivity index (χ3n) is 3.22. The van der Waals surface area contributed by atoms with E-state index < -0.39 is 0 Å². The van der Waals surface area contributed by atoms with Crippen molar-refractivity contribution >= 4 is 27.3 Å². The lowest BCUT2D eigenvalue weighted by molar-refractivity contribution is 0.625.